The molecule has 8 heteroatoms. The maximum absolute atomic E-state index is 12.1. The van der Waals surface area contributed by atoms with Gasteiger partial charge in [-0.25, -0.2) is 8.42 Å². The summed E-state index contributed by atoms with van der Waals surface area (Å²) in [4.78, 5) is 14.1. The summed E-state index contributed by atoms with van der Waals surface area (Å²) in [7, 11) is 0.609. The number of hydrogen-bond acceptors (Lipinski definition) is 5. The zero-order valence-electron chi connectivity index (χ0n) is 12.4. The Labute approximate surface area is 124 Å². The fraction of sp³-hybridized carbons (Fsp3) is 0.615. The van der Waals surface area contributed by atoms with Crippen LogP contribution in [0, 0.1) is 5.92 Å². The molecule has 2 rings (SSSR count). The Morgan fingerprint density at radius 1 is 1.48 bits per heavy atom. The molecule has 21 heavy (non-hydrogen) atoms. The Morgan fingerprint density at radius 3 is 2.71 bits per heavy atom. The molecule has 1 aromatic heterocycles. The molecule has 0 spiro atoms. The van der Waals surface area contributed by atoms with Crippen LogP contribution in [0.25, 0.3) is 0 Å². The third-order valence-corrected chi connectivity index (χ3v) is 4.81. The lowest BCUT2D eigenvalue weighted by Gasteiger charge is -2.22. The van der Waals surface area contributed by atoms with Gasteiger partial charge in [0.1, 0.15) is 6.26 Å². The summed E-state index contributed by atoms with van der Waals surface area (Å²) in [6.45, 7) is 1.44. The quantitative estimate of drug-likeness (QED) is 0.816. The number of carbonyl (C=O) groups is 1. The second-order valence-electron chi connectivity index (χ2n) is 5.69. The zero-order valence-corrected chi connectivity index (χ0v) is 13.3. The summed E-state index contributed by atoms with van der Waals surface area (Å²) in [6, 6.07) is 1.38. The first-order valence-electron chi connectivity index (χ1n) is 6.70. The molecule has 0 aliphatic carbocycles. The van der Waals surface area contributed by atoms with Crippen LogP contribution in [0.15, 0.2) is 23.0 Å². The molecular weight excluding hydrogens is 294 g/mol. The van der Waals surface area contributed by atoms with Gasteiger partial charge in [0.05, 0.1) is 18.1 Å². The Morgan fingerprint density at radius 2 is 2.19 bits per heavy atom. The van der Waals surface area contributed by atoms with Gasteiger partial charge in [-0.1, -0.05) is 0 Å². The van der Waals surface area contributed by atoms with Crippen LogP contribution in [-0.2, 0) is 10.0 Å². The maximum Gasteiger partial charge on any atom is 0.254 e. The third-order valence-electron chi connectivity index (χ3n) is 3.58. The van der Waals surface area contributed by atoms with Crippen LogP contribution in [0.4, 0.5) is 0 Å². The lowest BCUT2D eigenvalue weighted by Crippen LogP contribution is -2.43. The van der Waals surface area contributed by atoms with Crippen molar-refractivity contribution in [1.29, 1.82) is 0 Å². The Kier molecular flexibility index (Phi) is 4.70. The van der Waals surface area contributed by atoms with Gasteiger partial charge in [-0.15, -0.1) is 0 Å². The fourth-order valence-corrected chi connectivity index (χ4v) is 3.46. The second kappa shape index (κ2) is 6.17. The van der Waals surface area contributed by atoms with Gasteiger partial charge in [0, 0.05) is 31.6 Å². The molecule has 1 aliphatic heterocycles. The van der Waals surface area contributed by atoms with Crippen molar-refractivity contribution in [3.05, 3.63) is 24.2 Å². The van der Waals surface area contributed by atoms with Crippen LogP contribution >= 0.6 is 0 Å². The van der Waals surface area contributed by atoms with E-state index in [1.165, 1.54) is 23.1 Å². The number of amides is 1. The molecule has 2 atom stereocenters. The van der Waals surface area contributed by atoms with Gasteiger partial charge < -0.3 is 14.6 Å². The molecule has 0 saturated carbocycles. The van der Waals surface area contributed by atoms with Crippen molar-refractivity contribution in [2.45, 2.75) is 6.04 Å². The molecule has 1 saturated heterocycles. The lowest BCUT2D eigenvalue weighted by atomic mass is 10.0. The van der Waals surface area contributed by atoms with E-state index in [0.717, 1.165) is 0 Å². The fourth-order valence-electron chi connectivity index (χ4n) is 2.57. The van der Waals surface area contributed by atoms with E-state index in [-0.39, 0.29) is 17.9 Å². The number of nitrogens with one attached hydrogen (secondary N) is 1. The van der Waals surface area contributed by atoms with Crippen LogP contribution in [0.5, 0.6) is 0 Å². The van der Waals surface area contributed by atoms with Crippen molar-refractivity contribution in [1.82, 2.24) is 14.5 Å². The molecule has 2 heterocycles. The Hall–Kier alpha value is -1.38. The van der Waals surface area contributed by atoms with E-state index in [2.05, 4.69) is 5.32 Å². The van der Waals surface area contributed by atoms with E-state index >= 15 is 0 Å². The zero-order chi connectivity index (χ0) is 15.6. The molecule has 118 valence electrons. The highest BCUT2D eigenvalue weighted by Crippen LogP contribution is 2.20. The van der Waals surface area contributed by atoms with Crippen molar-refractivity contribution in [2.24, 2.45) is 5.92 Å². The van der Waals surface area contributed by atoms with Crippen LogP contribution in [0.3, 0.4) is 0 Å². The van der Waals surface area contributed by atoms with Crippen LogP contribution in [0.2, 0.25) is 0 Å². The molecule has 1 N–H and O–H groups in total. The number of rotatable bonds is 5. The number of hydrogen-bond donors (Lipinski definition) is 1. The standard InChI is InChI=1S/C13H21N3O4S/c1-15(2)6-11-7-16(21(3,18)19)8-12(11)14-13(17)10-4-5-20-9-10/h4-5,9,11-12H,6-8H2,1-3H3,(H,14,17)/t11-,12-/m1/s1. The molecule has 1 amide bonds. The number of sulfonamides is 1. The molecular formula is C13H21N3O4S. The first kappa shape index (κ1) is 16.0. The van der Waals surface area contributed by atoms with Crippen molar-refractivity contribution >= 4 is 15.9 Å². The number of carbonyl (C=O) groups excluding carboxylic acids is 1. The van der Waals surface area contributed by atoms with Gasteiger partial charge in [0.25, 0.3) is 5.91 Å². The van der Waals surface area contributed by atoms with E-state index < -0.39 is 10.0 Å². The second-order valence-corrected chi connectivity index (χ2v) is 7.68. The summed E-state index contributed by atoms with van der Waals surface area (Å²) in [5, 5.41) is 2.91. The molecule has 0 unspecified atom stereocenters. The van der Waals surface area contributed by atoms with Gasteiger partial charge in [0.2, 0.25) is 10.0 Å². The SMILES string of the molecule is CN(C)C[C@@H]1CN(S(C)(=O)=O)C[C@H]1NC(=O)c1ccoc1. The van der Waals surface area contributed by atoms with Crippen LogP contribution in [-0.4, -0.2) is 69.6 Å². The molecule has 7 nitrogen and oxygen atoms in total. The predicted molar refractivity (Wildman–Crippen MR) is 78.4 cm³/mol. The van der Waals surface area contributed by atoms with Crippen molar-refractivity contribution < 1.29 is 17.6 Å². The minimum absolute atomic E-state index is 0.0607. The Bertz CT molecular complexity index is 583. The topological polar surface area (TPSA) is 82.9 Å². The Balaban J connectivity index is 2.09. The van der Waals surface area contributed by atoms with Gasteiger partial charge in [-0.2, -0.15) is 4.31 Å². The van der Waals surface area contributed by atoms with Gasteiger partial charge >= 0.3 is 0 Å². The highest BCUT2D eigenvalue weighted by atomic mass is 32.2. The average Bonchev–Trinajstić information content (AvgIpc) is 2.97. The van der Waals surface area contributed by atoms with Crippen molar-refractivity contribution in [2.75, 3.05) is 40.0 Å². The first-order chi connectivity index (χ1) is 9.77. The summed E-state index contributed by atoms with van der Waals surface area (Å²) in [5.41, 5.74) is 0.441. The smallest absolute Gasteiger partial charge is 0.254 e. The monoisotopic (exact) mass is 315 g/mol. The lowest BCUT2D eigenvalue weighted by molar-refractivity contribution is 0.0926. The highest BCUT2D eigenvalue weighted by molar-refractivity contribution is 7.88. The van der Waals surface area contributed by atoms with Crippen molar-refractivity contribution in [3.63, 3.8) is 0 Å². The largest absolute Gasteiger partial charge is 0.472 e. The van der Waals surface area contributed by atoms with Gasteiger partial charge in [-0.05, 0) is 20.2 Å². The van der Waals surface area contributed by atoms with Gasteiger partial charge in [-0.3, -0.25) is 4.79 Å². The average molecular weight is 315 g/mol. The molecule has 0 aromatic carbocycles. The van der Waals surface area contributed by atoms with E-state index in [9.17, 15) is 13.2 Å². The normalized spacial score (nSPS) is 23.6. The number of nitrogens with zero attached hydrogens (tertiary/aromatic N) is 2. The summed E-state index contributed by atoms with van der Waals surface area (Å²) < 4.78 is 29.7. The van der Waals surface area contributed by atoms with Gasteiger partial charge in [0.15, 0.2) is 0 Å². The first-order valence-corrected chi connectivity index (χ1v) is 8.55. The number of furan rings is 1. The predicted octanol–water partition coefficient (Wildman–Crippen LogP) is -0.169. The molecule has 0 radical (unpaired) electrons. The minimum Gasteiger partial charge on any atom is -0.472 e. The molecule has 1 aliphatic rings. The van der Waals surface area contributed by atoms with E-state index in [4.69, 9.17) is 4.42 Å². The summed E-state index contributed by atoms with van der Waals surface area (Å²) in [5.74, 6) is -0.182. The van der Waals surface area contributed by atoms with E-state index in [1.807, 2.05) is 19.0 Å². The van der Waals surface area contributed by atoms with E-state index in [0.29, 0.717) is 25.2 Å². The highest BCUT2D eigenvalue weighted by Gasteiger charge is 2.38. The molecule has 0 bridgehead atoms. The summed E-state index contributed by atoms with van der Waals surface area (Å²) in [6.07, 6.45) is 4.00. The maximum atomic E-state index is 12.1. The van der Waals surface area contributed by atoms with E-state index in [1.54, 1.807) is 6.07 Å². The molecule has 1 aromatic rings. The third kappa shape index (κ3) is 4.05. The van der Waals surface area contributed by atoms with Crippen LogP contribution < -0.4 is 5.32 Å². The minimum atomic E-state index is -3.25. The van der Waals surface area contributed by atoms with Crippen LogP contribution in [0.1, 0.15) is 10.4 Å². The van der Waals surface area contributed by atoms with Crippen molar-refractivity contribution in [3.8, 4) is 0 Å². The summed E-state index contributed by atoms with van der Waals surface area (Å²) >= 11 is 0. The molecule has 1 fully saturated rings.